The minimum absolute atomic E-state index is 0.00403. The molecule has 7 heteroatoms. The molecule has 0 atom stereocenters. The van der Waals surface area contributed by atoms with Gasteiger partial charge in [0.25, 0.3) is 0 Å². The molecule has 0 saturated carbocycles. The maximum atomic E-state index is 10.7. The molecule has 0 aliphatic carbocycles. The van der Waals surface area contributed by atoms with E-state index < -0.39 is 6.09 Å². The lowest BCUT2D eigenvalue weighted by Crippen LogP contribution is -2.13. The second kappa shape index (κ2) is 4.25. The molecular weight excluding hydrogens is 217 g/mol. The average molecular weight is 222 g/mol. The largest absolute Gasteiger partial charge is 0.453 e. The first kappa shape index (κ1) is 10.0. The summed E-state index contributed by atoms with van der Waals surface area (Å²) in [4.78, 5) is 18.1. The lowest BCUT2D eigenvalue weighted by molar-refractivity contribution is 0.186. The van der Waals surface area contributed by atoms with Gasteiger partial charge in [-0.25, -0.2) is 14.8 Å². The number of carbonyl (C=O) groups is 1. The van der Waals surface area contributed by atoms with Crippen molar-refractivity contribution in [1.82, 2.24) is 9.97 Å². The van der Waals surface area contributed by atoms with Crippen molar-refractivity contribution in [3.8, 4) is 0 Å². The Kier molecular flexibility index (Phi) is 3.27. The monoisotopic (exact) mass is 221 g/mol. The Labute approximate surface area is 84.0 Å². The predicted octanol–water partition coefficient (Wildman–Crippen LogP) is 1.96. The number of methoxy groups -OCH3 is 1. The molecule has 0 saturated heterocycles. The Balaban J connectivity index is 2.83. The van der Waals surface area contributed by atoms with E-state index in [1.165, 1.54) is 13.2 Å². The summed E-state index contributed by atoms with van der Waals surface area (Å²) in [5.74, 6) is 0.00403. The van der Waals surface area contributed by atoms with Gasteiger partial charge < -0.3 is 4.74 Å². The van der Waals surface area contributed by atoms with E-state index in [9.17, 15) is 4.79 Å². The topological polar surface area (TPSA) is 64.1 Å². The molecule has 0 aliphatic rings. The average Bonchev–Trinajstić information content (AvgIpc) is 2.02. The normalized spacial score (nSPS) is 9.46. The van der Waals surface area contributed by atoms with E-state index in [0.29, 0.717) is 0 Å². The molecule has 0 aromatic carbocycles. The number of hydrogen-bond acceptors (Lipinski definition) is 4. The van der Waals surface area contributed by atoms with Crippen molar-refractivity contribution < 1.29 is 9.53 Å². The zero-order valence-electron chi connectivity index (χ0n) is 6.54. The molecule has 1 aromatic rings. The fourth-order valence-electron chi connectivity index (χ4n) is 0.588. The lowest BCUT2D eigenvalue weighted by atomic mass is 10.7. The molecule has 0 unspecified atom stereocenters. The van der Waals surface area contributed by atoms with Crippen molar-refractivity contribution in [3.63, 3.8) is 0 Å². The fraction of sp³-hybridized carbons (Fsp3) is 0.167. The van der Waals surface area contributed by atoms with Gasteiger partial charge >= 0.3 is 6.09 Å². The Morgan fingerprint density at radius 3 is 2.46 bits per heavy atom. The summed E-state index contributed by atoms with van der Waals surface area (Å²) in [5.41, 5.74) is 0. The summed E-state index contributed by atoms with van der Waals surface area (Å²) in [7, 11) is 1.22. The highest BCUT2D eigenvalue weighted by molar-refractivity contribution is 6.33. The van der Waals surface area contributed by atoms with E-state index in [2.05, 4.69) is 20.0 Å². The molecule has 1 heterocycles. The number of nitrogens with zero attached hydrogens (tertiary/aromatic N) is 2. The van der Waals surface area contributed by atoms with Gasteiger partial charge in [-0.3, -0.25) is 5.32 Å². The molecule has 0 spiro atoms. The van der Waals surface area contributed by atoms with Crippen LogP contribution in [0, 0.1) is 0 Å². The zero-order chi connectivity index (χ0) is 9.84. The Bertz CT molecular complexity index is 311. The summed E-state index contributed by atoms with van der Waals surface area (Å²) in [6.07, 6.45) is -0.682. The molecule has 70 valence electrons. The van der Waals surface area contributed by atoms with Crippen LogP contribution >= 0.6 is 23.2 Å². The van der Waals surface area contributed by atoms with E-state index in [-0.39, 0.29) is 16.3 Å². The van der Waals surface area contributed by atoms with Crippen LogP contribution in [0.5, 0.6) is 0 Å². The number of aromatic nitrogens is 2. The van der Waals surface area contributed by atoms with Crippen LogP contribution in [0.4, 0.5) is 10.7 Å². The Morgan fingerprint density at radius 2 is 2.00 bits per heavy atom. The number of carbonyl (C=O) groups excluding carboxylic acids is 1. The molecule has 0 fully saturated rings. The van der Waals surface area contributed by atoms with Crippen LogP contribution in [0.2, 0.25) is 10.3 Å². The third-order valence-corrected chi connectivity index (χ3v) is 1.45. The van der Waals surface area contributed by atoms with Gasteiger partial charge in [0.05, 0.1) is 7.11 Å². The van der Waals surface area contributed by atoms with E-state index in [1.54, 1.807) is 0 Å². The number of hydrogen-bond donors (Lipinski definition) is 1. The minimum Gasteiger partial charge on any atom is -0.453 e. The van der Waals surface area contributed by atoms with Gasteiger partial charge in [-0.2, -0.15) is 0 Å². The van der Waals surface area contributed by atoms with Crippen molar-refractivity contribution in [2.24, 2.45) is 0 Å². The molecule has 1 aromatic heterocycles. The number of nitrogens with one attached hydrogen (secondary N) is 1. The number of anilines is 1. The van der Waals surface area contributed by atoms with Crippen LogP contribution < -0.4 is 5.32 Å². The first-order chi connectivity index (χ1) is 6.11. The van der Waals surface area contributed by atoms with E-state index in [4.69, 9.17) is 23.2 Å². The Hall–Kier alpha value is -1.07. The molecule has 5 nitrogen and oxygen atoms in total. The Morgan fingerprint density at radius 1 is 1.46 bits per heavy atom. The van der Waals surface area contributed by atoms with E-state index >= 15 is 0 Å². The smallest absolute Gasteiger partial charge is 0.413 e. The van der Waals surface area contributed by atoms with E-state index in [1.807, 2.05) is 0 Å². The van der Waals surface area contributed by atoms with Crippen molar-refractivity contribution >= 4 is 35.2 Å². The highest BCUT2D eigenvalue weighted by Crippen LogP contribution is 2.13. The van der Waals surface area contributed by atoms with Gasteiger partial charge in [0.2, 0.25) is 5.95 Å². The molecule has 0 aliphatic heterocycles. The van der Waals surface area contributed by atoms with Crippen LogP contribution in [0.25, 0.3) is 0 Å². The molecule has 1 N–H and O–H groups in total. The standard InChI is InChI=1S/C6H5Cl2N3O2/c1-13-6(12)11-5-9-3(7)2-4(8)10-5/h2H,1H3,(H,9,10,11,12). The van der Waals surface area contributed by atoms with Gasteiger partial charge in [0.1, 0.15) is 10.3 Å². The van der Waals surface area contributed by atoms with E-state index in [0.717, 1.165) is 0 Å². The highest BCUT2D eigenvalue weighted by atomic mass is 35.5. The van der Waals surface area contributed by atoms with Crippen molar-refractivity contribution in [3.05, 3.63) is 16.4 Å². The number of rotatable bonds is 1. The third-order valence-electron chi connectivity index (χ3n) is 1.06. The predicted molar refractivity (Wildman–Crippen MR) is 48.1 cm³/mol. The first-order valence-electron chi connectivity index (χ1n) is 3.17. The maximum absolute atomic E-state index is 10.7. The third kappa shape index (κ3) is 3.04. The molecule has 13 heavy (non-hydrogen) atoms. The molecular formula is C6H5Cl2N3O2. The summed E-state index contributed by atoms with van der Waals surface area (Å²) >= 11 is 11.1. The first-order valence-corrected chi connectivity index (χ1v) is 3.92. The second-order valence-electron chi connectivity index (χ2n) is 1.95. The summed E-state index contributed by atoms with van der Waals surface area (Å²) in [6.45, 7) is 0. The zero-order valence-corrected chi connectivity index (χ0v) is 8.06. The molecule has 0 bridgehead atoms. The number of halogens is 2. The minimum atomic E-state index is -0.682. The fourth-order valence-corrected chi connectivity index (χ4v) is 1.01. The maximum Gasteiger partial charge on any atom is 0.413 e. The van der Waals surface area contributed by atoms with Crippen LogP contribution in [-0.2, 0) is 4.74 Å². The second-order valence-corrected chi connectivity index (χ2v) is 2.73. The number of amides is 1. The summed E-state index contributed by atoms with van der Waals surface area (Å²) in [6, 6.07) is 1.35. The highest BCUT2D eigenvalue weighted by Gasteiger charge is 2.05. The van der Waals surface area contributed by atoms with Crippen LogP contribution in [0.15, 0.2) is 6.07 Å². The van der Waals surface area contributed by atoms with Gasteiger partial charge in [-0.1, -0.05) is 23.2 Å². The summed E-state index contributed by atoms with van der Waals surface area (Å²) < 4.78 is 4.32. The lowest BCUT2D eigenvalue weighted by Gasteiger charge is -2.01. The van der Waals surface area contributed by atoms with Gasteiger partial charge in [-0.05, 0) is 0 Å². The van der Waals surface area contributed by atoms with Crippen LogP contribution in [0.3, 0.4) is 0 Å². The molecule has 1 amide bonds. The van der Waals surface area contributed by atoms with Crippen LogP contribution in [-0.4, -0.2) is 23.2 Å². The molecule has 1 rings (SSSR count). The van der Waals surface area contributed by atoms with Gasteiger partial charge in [0.15, 0.2) is 0 Å². The van der Waals surface area contributed by atoms with Crippen molar-refractivity contribution in [2.75, 3.05) is 12.4 Å². The van der Waals surface area contributed by atoms with Crippen molar-refractivity contribution in [2.45, 2.75) is 0 Å². The van der Waals surface area contributed by atoms with Gasteiger partial charge in [-0.15, -0.1) is 0 Å². The quantitative estimate of drug-likeness (QED) is 0.737. The number of ether oxygens (including phenoxy) is 1. The molecule has 0 radical (unpaired) electrons. The van der Waals surface area contributed by atoms with Crippen LogP contribution in [0.1, 0.15) is 0 Å². The summed E-state index contributed by atoms with van der Waals surface area (Å²) in [5, 5.41) is 2.51. The SMILES string of the molecule is COC(=O)Nc1nc(Cl)cc(Cl)n1. The van der Waals surface area contributed by atoms with Gasteiger partial charge in [0, 0.05) is 6.07 Å². The van der Waals surface area contributed by atoms with Crippen molar-refractivity contribution in [1.29, 1.82) is 0 Å².